The molecule has 1 fully saturated rings. The average molecular weight is 256 g/mol. The molecule has 0 aromatic rings. The van der Waals surface area contributed by atoms with Crippen LogP contribution in [-0.2, 0) is 9.53 Å². The number of amides is 1. The number of likely N-dealkylation sites (tertiary alicyclic amines) is 1. The van der Waals surface area contributed by atoms with E-state index < -0.39 is 29.8 Å². The number of nitrogens with zero attached hydrogens (tertiary/aromatic N) is 1. The van der Waals surface area contributed by atoms with Gasteiger partial charge < -0.3 is 9.64 Å². The monoisotopic (exact) mass is 255 g/mol. The lowest BCUT2D eigenvalue weighted by Gasteiger charge is -2.24. The Bertz CT molecular complexity index is 261. The summed E-state index contributed by atoms with van der Waals surface area (Å²) in [6.07, 6.45) is -0.345. The Kier molecular flexibility index (Phi) is 4.50. The Hall–Kier alpha value is -0.420. The van der Waals surface area contributed by atoms with Gasteiger partial charge in [-0.2, -0.15) is 0 Å². The normalized spacial score (nSPS) is 25.8. The summed E-state index contributed by atoms with van der Waals surface area (Å²) in [7, 11) is 0. The summed E-state index contributed by atoms with van der Waals surface area (Å²) in [6, 6.07) is -0.566. The quantitative estimate of drug-likeness (QED) is 0.718. The Morgan fingerprint density at radius 2 is 2.31 bits per heavy atom. The second kappa shape index (κ2) is 5.27. The van der Waals surface area contributed by atoms with Crippen molar-refractivity contribution in [2.45, 2.75) is 37.6 Å². The molecule has 1 amide bonds. The average Bonchev–Trinajstić information content (AvgIpc) is 2.49. The molecule has 6 heteroatoms. The van der Waals surface area contributed by atoms with E-state index in [1.54, 1.807) is 6.92 Å². The molecule has 16 heavy (non-hydrogen) atoms. The Labute approximate surface area is 98.7 Å². The lowest BCUT2D eigenvalue weighted by Crippen LogP contribution is -2.42. The molecule has 1 rings (SSSR count). The summed E-state index contributed by atoms with van der Waals surface area (Å²) >= 11 is 5.62. The summed E-state index contributed by atoms with van der Waals surface area (Å²) in [5.41, 5.74) is 0. The third kappa shape index (κ3) is 3.28. The van der Waals surface area contributed by atoms with E-state index in [0.717, 1.165) is 4.90 Å². The van der Waals surface area contributed by atoms with Crippen LogP contribution in [0.1, 0.15) is 20.3 Å². The second-order valence-electron chi connectivity index (χ2n) is 3.96. The van der Waals surface area contributed by atoms with Crippen molar-refractivity contribution in [3.05, 3.63) is 0 Å². The molecule has 0 N–H and O–H groups in total. The standard InChI is InChI=1S/C10H16ClF2NO2/c1-3-16-5-8-4-10(12,13)6-14(8)9(15)7(2)11/h7-8H,3-6H2,1-2H3/t7-,8-/m0/s1. The van der Waals surface area contributed by atoms with Crippen molar-refractivity contribution in [1.82, 2.24) is 4.90 Å². The van der Waals surface area contributed by atoms with Crippen molar-refractivity contribution >= 4 is 17.5 Å². The largest absolute Gasteiger partial charge is 0.380 e. The third-order valence-electron chi connectivity index (χ3n) is 2.51. The van der Waals surface area contributed by atoms with Crippen LogP contribution in [0.2, 0.25) is 0 Å². The molecule has 0 aliphatic carbocycles. The molecule has 0 saturated carbocycles. The highest BCUT2D eigenvalue weighted by Crippen LogP contribution is 2.32. The van der Waals surface area contributed by atoms with Crippen LogP contribution in [0.3, 0.4) is 0 Å². The first-order chi connectivity index (χ1) is 7.37. The maximum Gasteiger partial charge on any atom is 0.267 e. The summed E-state index contributed by atoms with van der Waals surface area (Å²) in [6.45, 7) is 3.30. The van der Waals surface area contributed by atoms with E-state index in [1.807, 2.05) is 0 Å². The topological polar surface area (TPSA) is 29.5 Å². The zero-order chi connectivity index (χ0) is 12.3. The van der Waals surface area contributed by atoms with Gasteiger partial charge in [-0.05, 0) is 13.8 Å². The highest BCUT2D eigenvalue weighted by Gasteiger charge is 2.47. The predicted molar refractivity (Wildman–Crippen MR) is 56.9 cm³/mol. The predicted octanol–water partition coefficient (Wildman–Crippen LogP) is 1.89. The van der Waals surface area contributed by atoms with Crippen LogP contribution in [0, 0.1) is 0 Å². The SMILES string of the molecule is CCOC[C@@H]1CC(F)(F)CN1C(=O)[C@H](C)Cl. The first-order valence-corrected chi connectivity index (χ1v) is 5.71. The fourth-order valence-corrected chi connectivity index (χ4v) is 1.91. The van der Waals surface area contributed by atoms with Gasteiger partial charge in [0.05, 0.1) is 19.2 Å². The first-order valence-electron chi connectivity index (χ1n) is 5.27. The molecule has 0 bridgehead atoms. The second-order valence-corrected chi connectivity index (χ2v) is 4.61. The van der Waals surface area contributed by atoms with Gasteiger partial charge in [0.15, 0.2) is 0 Å². The molecule has 0 spiro atoms. The highest BCUT2D eigenvalue weighted by atomic mass is 35.5. The molecule has 1 heterocycles. The molecule has 0 aromatic carbocycles. The number of ether oxygens (including phenoxy) is 1. The van der Waals surface area contributed by atoms with Crippen LogP contribution in [0.5, 0.6) is 0 Å². The van der Waals surface area contributed by atoms with Gasteiger partial charge in [-0.3, -0.25) is 4.79 Å². The Morgan fingerprint density at radius 3 is 2.81 bits per heavy atom. The van der Waals surface area contributed by atoms with E-state index in [0.29, 0.717) is 6.61 Å². The number of carbonyl (C=O) groups excluding carboxylic acids is 1. The van der Waals surface area contributed by atoms with Gasteiger partial charge in [0, 0.05) is 13.0 Å². The van der Waals surface area contributed by atoms with E-state index in [1.165, 1.54) is 6.92 Å². The molecule has 0 aromatic heterocycles. The molecular weight excluding hydrogens is 240 g/mol. The number of hydrogen-bond donors (Lipinski definition) is 0. The van der Waals surface area contributed by atoms with Gasteiger partial charge in [-0.25, -0.2) is 8.78 Å². The smallest absolute Gasteiger partial charge is 0.267 e. The zero-order valence-electron chi connectivity index (χ0n) is 9.38. The van der Waals surface area contributed by atoms with Crippen molar-refractivity contribution in [2.75, 3.05) is 19.8 Å². The fourth-order valence-electron chi connectivity index (χ4n) is 1.79. The lowest BCUT2D eigenvalue weighted by molar-refractivity contribution is -0.133. The minimum absolute atomic E-state index is 0.140. The van der Waals surface area contributed by atoms with Gasteiger partial charge >= 0.3 is 0 Å². The van der Waals surface area contributed by atoms with Gasteiger partial charge in [0.2, 0.25) is 5.91 Å². The number of hydrogen-bond acceptors (Lipinski definition) is 2. The van der Waals surface area contributed by atoms with E-state index in [2.05, 4.69) is 0 Å². The molecule has 0 radical (unpaired) electrons. The van der Waals surface area contributed by atoms with Crippen LogP contribution in [0.15, 0.2) is 0 Å². The number of rotatable bonds is 4. The molecule has 1 aliphatic heterocycles. The van der Waals surface area contributed by atoms with E-state index in [4.69, 9.17) is 16.3 Å². The molecule has 1 saturated heterocycles. The number of carbonyl (C=O) groups is 1. The molecule has 94 valence electrons. The molecule has 1 aliphatic rings. The minimum Gasteiger partial charge on any atom is -0.380 e. The van der Waals surface area contributed by atoms with Crippen molar-refractivity contribution < 1.29 is 18.3 Å². The molecule has 2 atom stereocenters. The number of halogens is 3. The van der Waals surface area contributed by atoms with Gasteiger partial charge in [-0.15, -0.1) is 11.6 Å². The first kappa shape index (κ1) is 13.6. The fraction of sp³-hybridized carbons (Fsp3) is 0.900. The van der Waals surface area contributed by atoms with Crippen molar-refractivity contribution in [2.24, 2.45) is 0 Å². The van der Waals surface area contributed by atoms with E-state index in [-0.39, 0.29) is 13.0 Å². The summed E-state index contributed by atoms with van der Waals surface area (Å²) in [5, 5.41) is -0.780. The summed E-state index contributed by atoms with van der Waals surface area (Å²) in [5.74, 6) is -3.29. The van der Waals surface area contributed by atoms with Crippen LogP contribution in [0.4, 0.5) is 8.78 Å². The van der Waals surface area contributed by atoms with Crippen molar-refractivity contribution in [3.8, 4) is 0 Å². The van der Waals surface area contributed by atoms with Gasteiger partial charge in [0.1, 0.15) is 5.38 Å². The maximum absolute atomic E-state index is 13.2. The molecule has 0 unspecified atom stereocenters. The van der Waals surface area contributed by atoms with Crippen molar-refractivity contribution in [1.29, 1.82) is 0 Å². The van der Waals surface area contributed by atoms with Gasteiger partial charge in [-0.1, -0.05) is 0 Å². The Balaban J connectivity index is 2.68. The molecular formula is C10H16ClF2NO2. The van der Waals surface area contributed by atoms with Gasteiger partial charge in [0.25, 0.3) is 5.92 Å². The van der Waals surface area contributed by atoms with E-state index >= 15 is 0 Å². The van der Waals surface area contributed by atoms with Crippen LogP contribution in [-0.4, -0.2) is 47.9 Å². The lowest BCUT2D eigenvalue weighted by atomic mass is 10.2. The van der Waals surface area contributed by atoms with Crippen LogP contribution < -0.4 is 0 Å². The third-order valence-corrected chi connectivity index (χ3v) is 2.70. The maximum atomic E-state index is 13.2. The van der Waals surface area contributed by atoms with Crippen molar-refractivity contribution in [3.63, 3.8) is 0 Å². The summed E-state index contributed by atoms with van der Waals surface area (Å²) < 4.78 is 31.5. The Morgan fingerprint density at radius 1 is 1.69 bits per heavy atom. The summed E-state index contributed by atoms with van der Waals surface area (Å²) in [4.78, 5) is 12.7. The number of alkyl halides is 3. The van der Waals surface area contributed by atoms with E-state index in [9.17, 15) is 13.6 Å². The van der Waals surface area contributed by atoms with Crippen LogP contribution in [0.25, 0.3) is 0 Å². The minimum atomic E-state index is -2.83. The van der Waals surface area contributed by atoms with Crippen LogP contribution >= 0.6 is 11.6 Å². The highest BCUT2D eigenvalue weighted by molar-refractivity contribution is 6.30. The zero-order valence-corrected chi connectivity index (χ0v) is 10.1. The molecule has 3 nitrogen and oxygen atoms in total.